The van der Waals surface area contributed by atoms with E-state index >= 15 is 0 Å². The quantitative estimate of drug-likeness (QED) is 0.412. The third kappa shape index (κ3) is 4.51. The first-order valence-corrected chi connectivity index (χ1v) is 9.59. The summed E-state index contributed by atoms with van der Waals surface area (Å²) in [6.07, 6.45) is 0.907. The molecule has 3 aromatic rings. The van der Waals surface area contributed by atoms with Gasteiger partial charge in [-0.1, -0.05) is 35.5 Å². The van der Waals surface area contributed by atoms with Crippen LogP contribution in [0.5, 0.6) is 11.5 Å². The van der Waals surface area contributed by atoms with E-state index in [1.54, 1.807) is 18.9 Å². The molecule has 0 N–H and O–H groups in total. The number of benzene rings is 2. The van der Waals surface area contributed by atoms with Gasteiger partial charge >= 0.3 is 0 Å². The fraction of sp³-hybridized carbons (Fsp3) is 0.263. The molecule has 0 unspecified atom stereocenters. The fourth-order valence-electron chi connectivity index (χ4n) is 2.45. The number of halogens is 1. The molecule has 0 spiro atoms. The van der Waals surface area contributed by atoms with Gasteiger partial charge in [0.05, 0.1) is 19.3 Å². The second-order valence-electron chi connectivity index (χ2n) is 5.57. The van der Waals surface area contributed by atoms with E-state index in [4.69, 9.17) is 21.1 Å². The zero-order chi connectivity index (χ0) is 18.4. The Hall–Kier alpha value is -2.18. The lowest BCUT2D eigenvalue weighted by molar-refractivity contribution is 0.318. The number of methoxy groups -OCH3 is 1. The summed E-state index contributed by atoms with van der Waals surface area (Å²) in [7, 11) is 3.62. The molecule has 0 bridgehead atoms. The van der Waals surface area contributed by atoms with Gasteiger partial charge in [0.2, 0.25) is 0 Å². The molecule has 0 amide bonds. The second-order valence-corrected chi connectivity index (χ2v) is 7.07. The third-order valence-corrected chi connectivity index (χ3v) is 5.14. The van der Waals surface area contributed by atoms with E-state index in [0.717, 1.165) is 40.2 Å². The van der Waals surface area contributed by atoms with Gasteiger partial charge in [0.15, 0.2) is 11.0 Å². The van der Waals surface area contributed by atoms with Crippen LogP contribution in [0.25, 0.3) is 11.4 Å². The summed E-state index contributed by atoms with van der Waals surface area (Å²) in [5.41, 5.74) is 0.933. The summed E-state index contributed by atoms with van der Waals surface area (Å²) >= 11 is 7.52. The molecular weight excluding hydrogens is 370 g/mol. The number of aromatic nitrogens is 3. The van der Waals surface area contributed by atoms with Crippen molar-refractivity contribution in [1.82, 2.24) is 14.8 Å². The first kappa shape index (κ1) is 18.6. The smallest absolute Gasteiger partial charge is 0.191 e. The van der Waals surface area contributed by atoms with Crippen LogP contribution in [0.2, 0.25) is 5.02 Å². The standard InChI is InChI=1S/C19H20ClN3O2S/c1-23-18(16-6-3-4-7-17(16)24-2)21-22-19(23)26-13-5-12-25-15-10-8-14(20)9-11-15/h3-4,6-11H,5,12-13H2,1-2H3. The molecule has 0 fully saturated rings. The van der Waals surface area contributed by atoms with Crippen molar-refractivity contribution in [2.75, 3.05) is 19.5 Å². The Morgan fingerprint density at radius 3 is 2.62 bits per heavy atom. The van der Waals surface area contributed by atoms with E-state index < -0.39 is 0 Å². The van der Waals surface area contributed by atoms with Gasteiger partial charge < -0.3 is 14.0 Å². The highest BCUT2D eigenvalue weighted by Gasteiger charge is 2.14. The second kappa shape index (κ2) is 8.96. The summed E-state index contributed by atoms with van der Waals surface area (Å²) in [6.45, 7) is 0.645. The van der Waals surface area contributed by atoms with Gasteiger partial charge in [-0.05, 0) is 42.8 Å². The van der Waals surface area contributed by atoms with Crippen molar-refractivity contribution in [3.05, 3.63) is 53.6 Å². The molecule has 1 heterocycles. The van der Waals surface area contributed by atoms with Crippen molar-refractivity contribution < 1.29 is 9.47 Å². The summed E-state index contributed by atoms with van der Waals surface area (Å²) < 4.78 is 13.1. The molecule has 0 aliphatic rings. The number of nitrogens with zero attached hydrogens (tertiary/aromatic N) is 3. The summed E-state index contributed by atoms with van der Waals surface area (Å²) in [6, 6.07) is 15.2. The Labute approximate surface area is 162 Å². The molecule has 0 radical (unpaired) electrons. The van der Waals surface area contributed by atoms with Crippen LogP contribution >= 0.6 is 23.4 Å². The predicted molar refractivity (Wildman–Crippen MR) is 105 cm³/mol. The van der Waals surface area contributed by atoms with Crippen LogP contribution in [0.4, 0.5) is 0 Å². The SMILES string of the molecule is COc1ccccc1-c1nnc(SCCCOc2ccc(Cl)cc2)n1C. The number of thioether (sulfide) groups is 1. The minimum Gasteiger partial charge on any atom is -0.496 e. The highest BCUT2D eigenvalue weighted by Crippen LogP contribution is 2.30. The normalized spacial score (nSPS) is 10.7. The van der Waals surface area contributed by atoms with Crippen molar-refractivity contribution in [3.63, 3.8) is 0 Å². The summed E-state index contributed by atoms with van der Waals surface area (Å²) in [5.74, 6) is 3.31. The largest absolute Gasteiger partial charge is 0.496 e. The van der Waals surface area contributed by atoms with E-state index in [1.165, 1.54) is 0 Å². The van der Waals surface area contributed by atoms with Crippen molar-refractivity contribution in [3.8, 4) is 22.9 Å². The van der Waals surface area contributed by atoms with Gasteiger partial charge in [0, 0.05) is 17.8 Å². The predicted octanol–water partition coefficient (Wildman–Crippen LogP) is 4.71. The maximum Gasteiger partial charge on any atom is 0.191 e. The molecule has 0 atom stereocenters. The maximum absolute atomic E-state index is 5.86. The van der Waals surface area contributed by atoms with Gasteiger partial charge in [-0.2, -0.15) is 0 Å². The Kier molecular flexibility index (Phi) is 6.41. The van der Waals surface area contributed by atoms with Crippen LogP contribution in [0, 0.1) is 0 Å². The van der Waals surface area contributed by atoms with Gasteiger partial charge in [-0.15, -0.1) is 10.2 Å². The average Bonchev–Trinajstić information content (AvgIpc) is 3.03. The lowest BCUT2D eigenvalue weighted by atomic mass is 10.2. The summed E-state index contributed by atoms with van der Waals surface area (Å²) in [5, 5.41) is 10.2. The minimum absolute atomic E-state index is 0.645. The van der Waals surface area contributed by atoms with Gasteiger partial charge in [0.25, 0.3) is 0 Å². The molecule has 2 aromatic carbocycles. The van der Waals surface area contributed by atoms with Gasteiger partial charge in [-0.25, -0.2) is 0 Å². The van der Waals surface area contributed by atoms with Crippen LogP contribution in [0.3, 0.4) is 0 Å². The molecule has 0 aliphatic carbocycles. The highest BCUT2D eigenvalue weighted by molar-refractivity contribution is 7.99. The molecular formula is C19H20ClN3O2S. The molecule has 26 heavy (non-hydrogen) atoms. The molecule has 136 valence electrons. The van der Waals surface area contributed by atoms with Crippen LogP contribution in [0.15, 0.2) is 53.7 Å². The molecule has 0 aliphatic heterocycles. The number of para-hydroxylation sites is 1. The number of ether oxygens (including phenoxy) is 2. The number of rotatable bonds is 8. The topological polar surface area (TPSA) is 49.2 Å². The zero-order valence-corrected chi connectivity index (χ0v) is 16.3. The minimum atomic E-state index is 0.645. The molecule has 3 rings (SSSR count). The Morgan fingerprint density at radius 2 is 1.85 bits per heavy atom. The van der Waals surface area contributed by atoms with Crippen LogP contribution in [-0.2, 0) is 7.05 Å². The van der Waals surface area contributed by atoms with E-state index in [1.807, 2.05) is 60.1 Å². The molecule has 7 heteroatoms. The molecule has 5 nitrogen and oxygen atoms in total. The third-order valence-electron chi connectivity index (χ3n) is 3.78. The zero-order valence-electron chi connectivity index (χ0n) is 14.7. The molecule has 1 aromatic heterocycles. The molecule has 0 saturated heterocycles. The first-order valence-electron chi connectivity index (χ1n) is 8.23. The van der Waals surface area contributed by atoms with E-state index in [9.17, 15) is 0 Å². The van der Waals surface area contributed by atoms with Crippen molar-refractivity contribution in [1.29, 1.82) is 0 Å². The summed E-state index contributed by atoms with van der Waals surface area (Å²) in [4.78, 5) is 0. The highest BCUT2D eigenvalue weighted by atomic mass is 35.5. The van der Waals surface area contributed by atoms with Gasteiger partial charge in [-0.3, -0.25) is 0 Å². The average molecular weight is 390 g/mol. The Balaban J connectivity index is 1.53. The first-order chi connectivity index (χ1) is 12.7. The maximum atomic E-state index is 5.86. The monoisotopic (exact) mass is 389 g/mol. The van der Waals surface area contributed by atoms with E-state index in [-0.39, 0.29) is 0 Å². The molecule has 0 saturated carbocycles. The van der Waals surface area contributed by atoms with Crippen molar-refractivity contribution >= 4 is 23.4 Å². The number of hydrogen-bond donors (Lipinski definition) is 0. The Bertz CT molecular complexity index is 852. The number of hydrogen-bond acceptors (Lipinski definition) is 5. The van der Waals surface area contributed by atoms with Crippen molar-refractivity contribution in [2.24, 2.45) is 7.05 Å². The Morgan fingerprint density at radius 1 is 1.08 bits per heavy atom. The lowest BCUT2D eigenvalue weighted by Gasteiger charge is -2.08. The lowest BCUT2D eigenvalue weighted by Crippen LogP contribution is -2.00. The van der Waals surface area contributed by atoms with E-state index in [0.29, 0.717) is 11.6 Å². The van der Waals surface area contributed by atoms with Crippen molar-refractivity contribution in [2.45, 2.75) is 11.6 Å². The van der Waals surface area contributed by atoms with Gasteiger partial charge in [0.1, 0.15) is 11.5 Å². The van der Waals surface area contributed by atoms with Crippen LogP contribution < -0.4 is 9.47 Å². The van der Waals surface area contributed by atoms with Crippen LogP contribution in [-0.4, -0.2) is 34.2 Å². The van der Waals surface area contributed by atoms with Crippen LogP contribution in [0.1, 0.15) is 6.42 Å². The fourth-order valence-corrected chi connectivity index (χ4v) is 3.40. The van der Waals surface area contributed by atoms with E-state index in [2.05, 4.69) is 10.2 Å².